The fourth-order valence-corrected chi connectivity index (χ4v) is 2.52. The highest BCUT2D eigenvalue weighted by molar-refractivity contribution is 6.06. The fourth-order valence-electron chi connectivity index (χ4n) is 2.52. The Balaban J connectivity index is 2.31. The minimum atomic E-state index is -0.600. The van der Waals surface area contributed by atoms with Gasteiger partial charge in [-0.15, -0.1) is 0 Å². The fraction of sp³-hybridized carbons (Fsp3) is 0.0588. The number of fused-ring (bicyclic) bond motifs is 2. The van der Waals surface area contributed by atoms with Crippen LogP contribution in [0.1, 0.15) is 18.1 Å². The van der Waals surface area contributed by atoms with Crippen molar-refractivity contribution in [1.82, 2.24) is 0 Å². The van der Waals surface area contributed by atoms with Crippen LogP contribution in [0.15, 0.2) is 48.5 Å². The number of nitrogens with zero attached hydrogens (tertiary/aromatic N) is 1. The van der Waals surface area contributed by atoms with E-state index in [9.17, 15) is 9.59 Å². The van der Waals surface area contributed by atoms with Gasteiger partial charge in [-0.25, -0.2) is 4.79 Å². The van der Waals surface area contributed by atoms with Crippen molar-refractivity contribution >= 4 is 35.2 Å². The van der Waals surface area contributed by atoms with Crippen LogP contribution in [0.3, 0.4) is 0 Å². The average Bonchev–Trinajstić information content (AvgIpc) is 2.61. The van der Waals surface area contributed by atoms with Gasteiger partial charge >= 0.3 is 12.0 Å². The maximum absolute atomic E-state index is 12.0. The number of ether oxygens (including phenoxy) is 1. The highest BCUT2D eigenvalue weighted by Crippen LogP contribution is 2.39. The molecular formula is C17H14N2O3. The summed E-state index contributed by atoms with van der Waals surface area (Å²) in [5, 5.41) is 0. The number of hydrogen-bond acceptors (Lipinski definition) is 3. The molecule has 2 aromatic rings. The first-order valence-corrected chi connectivity index (χ1v) is 6.76. The van der Waals surface area contributed by atoms with Crippen LogP contribution in [0.2, 0.25) is 0 Å². The average molecular weight is 294 g/mol. The molecule has 0 spiro atoms. The van der Waals surface area contributed by atoms with Gasteiger partial charge in [0.2, 0.25) is 0 Å². The summed E-state index contributed by atoms with van der Waals surface area (Å²) in [6, 6.07) is 13.9. The van der Waals surface area contributed by atoms with Crippen LogP contribution in [0.4, 0.5) is 16.2 Å². The number of amides is 2. The Labute approximate surface area is 127 Å². The molecule has 0 atom stereocenters. The predicted octanol–water partition coefficient (Wildman–Crippen LogP) is 3.28. The molecule has 2 amide bonds. The lowest BCUT2D eigenvalue weighted by Gasteiger charge is -2.22. The summed E-state index contributed by atoms with van der Waals surface area (Å²) in [5.41, 5.74) is 8.16. The van der Waals surface area contributed by atoms with Gasteiger partial charge in [-0.2, -0.15) is 0 Å². The van der Waals surface area contributed by atoms with E-state index in [1.54, 1.807) is 30.3 Å². The number of carbonyl (C=O) groups excluding carboxylic acids is 2. The number of para-hydroxylation sites is 2. The lowest BCUT2D eigenvalue weighted by atomic mass is 10.1. The van der Waals surface area contributed by atoms with Crippen LogP contribution in [0.25, 0.3) is 11.8 Å². The van der Waals surface area contributed by atoms with Gasteiger partial charge in [0, 0.05) is 18.1 Å². The molecule has 1 heterocycles. The molecule has 0 unspecified atom stereocenters. The predicted molar refractivity (Wildman–Crippen MR) is 84.2 cm³/mol. The van der Waals surface area contributed by atoms with E-state index in [1.807, 2.05) is 24.3 Å². The van der Waals surface area contributed by atoms with E-state index in [0.29, 0.717) is 22.7 Å². The van der Waals surface area contributed by atoms with Crippen LogP contribution in [-0.2, 0) is 9.53 Å². The Morgan fingerprint density at radius 3 is 2.32 bits per heavy atom. The number of nitrogens with two attached hydrogens (primary N) is 1. The second kappa shape index (κ2) is 5.37. The van der Waals surface area contributed by atoms with E-state index in [2.05, 4.69) is 0 Å². The van der Waals surface area contributed by atoms with Crippen molar-refractivity contribution in [2.75, 3.05) is 4.90 Å². The van der Waals surface area contributed by atoms with E-state index in [4.69, 9.17) is 10.5 Å². The maximum Gasteiger partial charge on any atom is 0.323 e. The SMILES string of the molecule is CC(=O)OC1=Cc2ccccc2N(C(N)=O)c2ccccc21. The molecule has 5 heteroatoms. The Morgan fingerprint density at radius 2 is 1.64 bits per heavy atom. The zero-order valence-corrected chi connectivity index (χ0v) is 11.9. The number of esters is 1. The Hall–Kier alpha value is -3.08. The molecule has 0 aliphatic carbocycles. The topological polar surface area (TPSA) is 72.6 Å². The summed E-state index contributed by atoms with van der Waals surface area (Å²) in [6.07, 6.45) is 1.73. The minimum absolute atomic E-state index is 0.388. The van der Waals surface area contributed by atoms with E-state index in [1.165, 1.54) is 11.8 Å². The molecule has 0 bridgehead atoms. The first-order chi connectivity index (χ1) is 10.6. The van der Waals surface area contributed by atoms with Gasteiger partial charge in [0.15, 0.2) is 0 Å². The number of carbonyl (C=O) groups is 2. The van der Waals surface area contributed by atoms with Crippen molar-refractivity contribution in [3.63, 3.8) is 0 Å². The van der Waals surface area contributed by atoms with Crippen molar-refractivity contribution < 1.29 is 14.3 Å². The molecule has 0 fully saturated rings. The largest absolute Gasteiger partial charge is 0.426 e. The van der Waals surface area contributed by atoms with Crippen LogP contribution in [0.5, 0.6) is 0 Å². The van der Waals surface area contributed by atoms with Gasteiger partial charge in [0.05, 0.1) is 11.4 Å². The zero-order chi connectivity index (χ0) is 15.7. The molecule has 2 N–H and O–H groups in total. The number of anilines is 2. The molecule has 110 valence electrons. The van der Waals surface area contributed by atoms with E-state index < -0.39 is 12.0 Å². The molecule has 0 saturated carbocycles. The van der Waals surface area contributed by atoms with Crippen LogP contribution in [-0.4, -0.2) is 12.0 Å². The van der Waals surface area contributed by atoms with E-state index in [-0.39, 0.29) is 0 Å². The van der Waals surface area contributed by atoms with Crippen molar-refractivity contribution in [3.05, 3.63) is 59.7 Å². The number of benzene rings is 2. The molecule has 22 heavy (non-hydrogen) atoms. The van der Waals surface area contributed by atoms with Crippen molar-refractivity contribution in [2.24, 2.45) is 5.73 Å². The first kappa shape index (κ1) is 13.9. The quantitative estimate of drug-likeness (QED) is 0.820. The Morgan fingerprint density at radius 1 is 1.00 bits per heavy atom. The van der Waals surface area contributed by atoms with Crippen molar-refractivity contribution in [3.8, 4) is 0 Å². The highest BCUT2D eigenvalue weighted by Gasteiger charge is 2.26. The molecule has 0 aromatic heterocycles. The Bertz CT molecular complexity index is 796. The zero-order valence-electron chi connectivity index (χ0n) is 11.9. The first-order valence-electron chi connectivity index (χ1n) is 6.76. The lowest BCUT2D eigenvalue weighted by molar-refractivity contribution is -0.134. The summed E-state index contributed by atoms with van der Waals surface area (Å²) in [5.74, 6) is -0.0367. The third kappa shape index (κ3) is 2.33. The van der Waals surface area contributed by atoms with E-state index >= 15 is 0 Å². The molecule has 2 aromatic carbocycles. The molecule has 5 nitrogen and oxygen atoms in total. The highest BCUT2D eigenvalue weighted by atomic mass is 16.5. The molecule has 0 radical (unpaired) electrons. The summed E-state index contributed by atoms with van der Waals surface area (Å²) >= 11 is 0. The summed E-state index contributed by atoms with van der Waals surface area (Å²) in [7, 11) is 0. The molecule has 1 aliphatic rings. The normalized spacial score (nSPS) is 12.6. The second-order valence-corrected chi connectivity index (χ2v) is 4.85. The molecule has 0 saturated heterocycles. The van der Waals surface area contributed by atoms with Crippen LogP contribution in [0, 0.1) is 0 Å². The third-order valence-electron chi connectivity index (χ3n) is 3.35. The third-order valence-corrected chi connectivity index (χ3v) is 3.35. The van der Waals surface area contributed by atoms with Crippen molar-refractivity contribution in [1.29, 1.82) is 0 Å². The van der Waals surface area contributed by atoms with Crippen molar-refractivity contribution in [2.45, 2.75) is 6.92 Å². The van der Waals surface area contributed by atoms with Gasteiger partial charge in [0.1, 0.15) is 5.76 Å². The minimum Gasteiger partial charge on any atom is -0.426 e. The number of urea groups is 1. The van der Waals surface area contributed by atoms with Gasteiger partial charge in [-0.05, 0) is 24.3 Å². The standard InChI is InChI=1S/C17H14N2O3/c1-11(20)22-16-10-12-6-2-4-8-14(12)19(17(18)21)15-9-5-3-7-13(15)16/h2-10H,1H3,(H2,18,21). The summed E-state index contributed by atoms with van der Waals surface area (Å²) < 4.78 is 5.33. The van der Waals surface area contributed by atoms with Gasteiger partial charge < -0.3 is 10.5 Å². The lowest BCUT2D eigenvalue weighted by Crippen LogP contribution is -2.32. The maximum atomic E-state index is 12.0. The number of primary amides is 1. The molecule has 3 rings (SSSR count). The summed E-state index contributed by atoms with van der Waals surface area (Å²) in [4.78, 5) is 24.8. The van der Waals surface area contributed by atoms with Crippen LogP contribution >= 0.6 is 0 Å². The van der Waals surface area contributed by atoms with Gasteiger partial charge in [-0.3, -0.25) is 9.69 Å². The monoisotopic (exact) mass is 294 g/mol. The molecular weight excluding hydrogens is 280 g/mol. The van der Waals surface area contributed by atoms with Crippen LogP contribution < -0.4 is 10.6 Å². The molecule has 1 aliphatic heterocycles. The number of hydrogen-bond donors (Lipinski definition) is 1. The Kier molecular flexibility index (Phi) is 3.39. The number of rotatable bonds is 1. The summed E-state index contributed by atoms with van der Waals surface area (Å²) in [6.45, 7) is 1.34. The smallest absolute Gasteiger partial charge is 0.323 e. The van der Waals surface area contributed by atoms with Gasteiger partial charge in [-0.1, -0.05) is 30.3 Å². The van der Waals surface area contributed by atoms with Gasteiger partial charge in [0.25, 0.3) is 0 Å². The second-order valence-electron chi connectivity index (χ2n) is 4.85. The van der Waals surface area contributed by atoms with E-state index in [0.717, 1.165) is 5.56 Å².